The standard InChI is InChI=1S/C23H22F7N3O2/c1-13(34)33-11-19(14-4-6-17(24)7-5-14)20(12-33)32(3)21(35)31(2)18-9-15(22(25,26)27)8-16(10-18)23(28,29)30/h4-10,19-20H,11-12H2,1-3H3/t19-,20+/m0/s1. The molecule has 0 N–H and O–H groups in total. The molecule has 1 aliphatic heterocycles. The van der Waals surface area contributed by atoms with E-state index in [-0.39, 0.29) is 25.1 Å². The zero-order valence-electron chi connectivity index (χ0n) is 18.9. The van der Waals surface area contributed by atoms with Crippen LogP contribution in [0.1, 0.15) is 29.5 Å². The Kier molecular flexibility index (Phi) is 7.05. The first-order valence-electron chi connectivity index (χ1n) is 10.4. The van der Waals surface area contributed by atoms with Gasteiger partial charge in [0.1, 0.15) is 5.82 Å². The summed E-state index contributed by atoms with van der Waals surface area (Å²) in [6, 6.07) is 4.83. The molecule has 1 heterocycles. The van der Waals surface area contributed by atoms with Crippen molar-refractivity contribution < 1.29 is 40.3 Å². The van der Waals surface area contributed by atoms with E-state index >= 15 is 0 Å². The Morgan fingerprint density at radius 2 is 1.40 bits per heavy atom. The Balaban J connectivity index is 1.95. The maximum absolute atomic E-state index is 13.4. The van der Waals surface area contributed by atoms with E-state index in [0.717, 1.165) is 7.05 Å². The van der Waals surface area contributed by atoms with E-state index in [1.54, 1.807) is 0 Å². The summed E-state index contributed by atoms with van der Waals surface area (Å²) < 4.78 is 92.9. The number of carbonyl (C=O) groups excluding carboxylic acids is 2. The second-order valence-corrected chi connectivity index (χ2v) is 8.37. The topological polar surface area (TPSA) is 43.9 Å². The Bertz CT molecular complexity index is 1070. The Hall–Kier alpha value is -3.31. The molecular weight excluding hydrogens is 483 g/mol. The molecule has 3 amide bonds. The van der Waals surface area contributed by atoms with Gasteiger partial charge in [0.2, 0.25) is 5.91 Å². The lowest BCUT2D eigenvalue weighted by Gasteiger charge is -2.33. The van der Waals surface area contributed by atoms with Gasteiger partial charge in [0, 0.05) is 45.7 Å². The number of rotatable bonds is 3. The number of hydrogen-bond donors (Lipinski definition) is 0. The van der Waals surface area contributed by atoms with Crippen LogP contribution in [0.2, 0.25) is 0 Å². The molecule has 35 heavy (non-hydrogen) atoms. The van der Waals surface area contributed by atoms with Gasteiger partial charge in [-0.2, -0.15) is 26.3 Å². The molecule has 0 aromatic heterocycles. The minimum absolute atomic E-state index is 0.0161. The normalized spacial score (nSPS) is 18.5. The van der Waals surface area contributed by atoms with Gasteiger partial charge in [0.25, 0.3) is 0 Å². The lowest BCUT2D eigenvalue weighted by Crippen LogP contribution is -2.47. The van der Waals surface area contributed by atoms with Gasteiger partial charge in [-0.05, 0) is 35.9 Å². The molecule has 2 aromatic carbocycles. The van der Waals surface area contributed by atoms with Crippen molar-refractivity contribution in [2.75, 3.05) is 32.1 Å². The minimum atomic E-state index is -5.06. The third-order valence-corrected chi connectivity index (χ3v) is 6.08. The summed E-state index contributed by atoms with van der Waals surface area (Å²) in [4.78, 5) is 28.5. The monoisotopic (exact) mass is 505 g/mol. The van der Waals surface area contributed by atoms with Gasteiger partial charge in [-0.3, -0.25) is 9.69 Å². The maximum Gasteiger partial charge on any atom is 0.416 e. The van der Waals surface area contributed by atoms with Gasteiger partial charge >= 0.3 is 18.4 Å². The molecule has 0 radical (unpaired) electrons. The highest BCUT2D eigenvalue weighted by molar-refractivity contribution is 5.92. The van der Waals surface area contributed by atoms with Crippen LogP contribution >= 0.6 is 0 Å². The lowest BCUT2D eigenvalue weighted by atomic mass is 9.93. The number of likely N-dealkylation sites (tertiary alicyclic amines) is 1. The number of urea groups is 1. The van der Waals surface area contributed by atoms with E-state index in [1.807, 2.05) is 0 Å². The number of amides is 3. The molecule has 0 bridgehead atoms. The second kappa shape index (κ2) is 9.38. The van der Waals surface area contributed by atoms with Crippen LogP contribution in [0.4, 0.5) is 41.2 Å². The van der Waals surface area contributed by atoms with Crippen LogP contribution in [-0.4, -0.2) is 55.0 Å². The first-order chi connectivity index (χ1) is 16.1. The molecule has 0 saturated carbocycles. The molecule has 12 heteroatoms. The van der Waals surface area contributed by atoms with Crippen LogP contribution in [0.25, 0.3) is 0 Å². The number of halogens is 7. The quantitative estimate of drug-likeness (QED) is 0.527. The van der Waals surface area contributed by atoms with E-state index in [0.29, 0.717) is 22.6 Å². The van der Waals surface area contributed by atoms with Crippen LogP contribution in [0, 0.1) is 5.82 Å². The number of anilines is 1. The molecule has 190 valence electrons. The molecule has 3 rings (SSSR count). The third kappa shape index (κ3) is 5.68. The summed E-state index contributed by atoms with van der Waals surface area (Å²) in [5.41, 5.74) is -3.06. The highest BCUT2D eigenvalue weighted by Gasteiger charge is 2.41. The smallest absolute Gasteiger partial charge is 0.340 e. The van der Waals surface area contributed by atoms with E-state index in [4.69, 9.17) is 0 Å². The van der Waals surface area contributed by atoms with Crippen molar-refractivity contribution in [3.63, 3.8) is 0 Å². The number of nitrogens with zero attached hydrogens (tertiary/aromatic N) is 3. The first-order valence-corrected chi connectivity index (χ1v) is 10.4. The number of alkyl halides is 6. The van der Waals surface area contributed by atoms with Crippen LogP contribution in [-0.2, 0) is 17.1 Å². The van der Waals surface area contributed by atoms with Gasteiger partial charge in [-0.1, -0.05) is 12.1 Å². The molecule has 2 atom stereocenters. The second-order valence-electron chi connectivity index (χ2n) is 8.37. The summed E-state index contributed by atoms with van der Waals surface area (Å²) in [5.74, 6) is -1.21. The number of likely N-dealkylation sites (N-methyl/N-ethyl adjacent to an activating group) is 1. The van der Waals surface area contributed by atoms with E-state index in [9.17, 15) is 40.3 Å². The molecule has 2 aromatic rings. The molecule has 5 nitrogen and oxygen atoms in total. The largest absolute Gasteiger partial charge is 0.416 e. The summed E-state index contributed by atoms with van der Waals surface area (Å²) in [6.45, 7) is 1.62. The van der Waals surface area contributed by atoms with Crippen molar-refractivity contribution in [1.82, 2.24) is 9.80 Å². The SMILES string of the molecule is CC(=O)N1C[C@@H](N(C)C(=O)N(C)c2cc(C(F)(F)F)cc(C(F)(F)F)c2)[C@H](c2ccc(F)cc2)C1. The van der Waals surface area contributed by atoms with Crippen LogP contribution in [0.3, 0.4) is 0 Å². The average molecular weight is 505 g/mol. The summed E-state index contributed by atoms with van der Waals surface area (Å²) in [7, 11) is 2.42. The Morgan fingerprint density at radius 3 is 1.86 bits per heavy atom. The number of hydrogen-bond acceptors (Lipinski definition) is 2. The highest BCUT2D eigenvalue weighted by atomic mass is 19.4. The molecule has 1 saturated heterocycles. The predicted octanol–water partition coefficient (Wildman–Crippen LogP) is 5.37. The van der Waals surface area contributed by atoms with Crippen molar-refractivity contribution in [3.8, 4) is 0 Å². The van der Waals surface area contributed by atoms with Crippen LogP contribution in [0.5, 0.6) is 0 Å². The van der Waals surface area contributed by atoms with Gasteiger partial charge in [-0.25, -0.2) is 9.18 Å². The molecule has 1 aliphatic rings. The molecule has 1 fully saturated rings. The molecule has 0 aliphatic carbocycles. The van der Waals surface area contributed by atoms with E-state index < -0.39 is 53.0 Å². The van der Waals surface area contributed by atoms with E-state index in [2.05, 4.69) is 0 Å². The van der Waals surface area contributed by atoms with Crippen molar-refractivity contribution in [3.05, 3.63) is 65.0 Å². The van der Waals surface area contributed by atoms with E-state index in [1.165, 1.54) is 48.0 Å². The fraction of sp³-hybridized carbons (Fsp3) is 0.391. The predicted molar refractivity (Wildman–Crippen MR) is 113 cm³/mol. The molecule has 0 spiro atoms. The lowest BCUT2D eigenvalue weighted by molar-refractivity contribution is -0.143. The minimum Gasteiger partial charge on any atom is -0.340 e. The van der Waals surface area contributed by atoms with Crippen LogP contribution in [0.15, 0.2) is 42.5 Å². The van der Waals surface area contributed by atoms with Crippen molar-refractivity contribution in [2.45, 2.75) is 31.2 Å². The first kappa shape index (κ1) is 26.3. The van der Waals surface area contributed by atoms with Crippen molar-refractivity contribution in [1.29, 1.82) is 0 Å². The summed E-state index contributed by atoms with van der Waals surface area (Å²) >= 11 is 0. The fourth-order valence-corrected chi connectivity index (χ4v) is 4.09. The fourth-order valence-electron chi connectivity index (χ4n) is 4.09. The summed E-state index contributed by atoms with van der Waals surface area (Å²) in [5, 5.41) is 0. The highest BCUT2D eigenvalue weighted by Crippen LogP contribution is 2.39. The van der Waals surface area contributed by atoms with Gasteiger partial charge in [0.05, 0.1) is 17.2 Å². The third-order valence-electron chi connectivity index (χ3n) is 6.08. The van der Waals surface area contributed by atoms with Gasteiger partial charge in [-0.15, -0.1) is 0 Å². The maximum atomic E-state index is 13.4. The van der Waals surface area contributed by atoms with Crippen molar-refractivity contribution >= 4 is 17.6 Å². The summed E-state index contributed by atoms with van der Waals surface area (Å²) in [6.07, 6.45) is -10.1. The Labute approximate surface area is 196 Å². The molecule has 0 unspecified atom stereocenters. The van der Waals surface area contributed by atoms with Gasteiger partial charge in [0.15, 0.2) is 0 Å². The van der Waals surface area contributed by atoms with Gasteiger partial charge < -0.3 is 9.80 Å². The zero-order chi connectivity index (χ0) is 26.3. The number of carbonyl (C=O) groups is 2. The van der Waals surface area contributed by atoms with Crippen LogP contribution < -0.4 is 4.90 Å². The molecular formula is C23H22F7N3O2. The Morgan fingerprint density at radius 1 is 0.886 bits per heavy atom. The average Bonchev–Trinajstić information content (AvgIpc) is 3.22. The number of benzene rings is 2. The van der Waals surface area contributed by atoms with Crippen molar-refractivity contribution in [2.24, 2.45) is 0 Å². The zero-order valence-corrected chi connectivity index (χ0v) is 18.9.